The number of nitrogens with zero attached hydrogens (tertiary/aromatic N) is 1. The summed E-state index contributed by atoms with van der Waals surface area (Å²) in [6.07, 6.45) is 1.71. The highest BCUT2D eigenvalue weighted by Gasteiger charge is 2.06. The van der Waals surface area contributed by atoms with E-state index in [9.17, 15) is 4.79 Å². The third-order valence-electron chi connectivity index (χ3n) is 2.19. The number of anilines is 1. The van der Waals surface area contributed by atoms with Crippen LogP contribution in [0.25, 0.3) is 0 Å². The molecule has 1 amide bonds. The largest absolute Gasteiger partial charge is 0.325 e. The zero-order chi connectivity index (χ0) is 13.7. The Labute approximate surface area is 132 Å². The fourth-order valence-electron chi connectivity index (χ4n) is 1.34. The number of amides is 1. The first-order valence-electron chi connectivity index (χ1n) is 5.44. The molecule has 1 heterocycles. The summed E-state index contributed by atoms with van der Waals surface area (Å²) >= 11 is 8.15. The lowest BCUT2D eigenvalue weighted by atomic mass is 10.3. The van der Waals surface area contributed by atoms with Crippen molar-refractivity contribution < 1.29 is 4.79 Å². The molecule has 98 valence electrons. The number of hydrogen-bond donors (Lipinski definition) is 1. The summed E-state index contributed by atoms with van der Waals surface area (Å²) in [5.41, 5.74) is 0.786. The number of rotatable bonds is 4. The number of benzene rings is 1. The highest BCUT2D eigenvalue weighted by Crippen LogP contribution is 2.24. The second kappa shape index (κ2) is 7.07. The van der Waals surface area contributed by atoms with Crippen molar-refractivity contribution in [1.82, 2.24) is 4.98 Å². The number of nitrogens with one attached hydrogen (secondary N) is 1. The Balaban J connectivity index is 1.88. The van der Waals surface area contributed by atoms with E-state index < -0.39 is 0 Å². The van der Waals surface area contributed by atoms with Crippen molar-refractivity contribution in [2.45, 2.75) is 5.03 Å². The highest BCUT2D eigenvalue weighted by molar-refractivity contribution is 9.10. The average Bonchev–Trinajstić information content (AvgIpc) is 2.40. The van der Waals surface area contributed by atoms with Gasteiger partial charge in [0.25, 0.3) is 0 Å². The molecule has 0 saturated heterocycles. The summed E-state index contributed by atoms with van der Waals surface area (Å²) in [6, 6.07) is 11.2. The van der Waals surface area contributed by atoms with Gasteiger partial charge in [-0.3, -0.25) is 4.79 Å². The molecule has 0 saturated carbocycles. The molecule has 0 fully saturated rings. The van der Waals surface area contributed by atoms with Crippen LogP contribution in [0.2, 0.25) is 0 Å². The third kappa shape index (κ3) is 4.63. The van der Waals surface area contributed by atoms with Crippen LogP contribution in [0.15, 0.2) is 56.6 Å². The summed E-state index contributed by atoms with van der Waals surface area (Å²) < 4.78 is 1.88. The topological polar surface area (TPSA) is 42.0 Å². The number of carbonyl (C=O) groups excluding carboxylic acids is 1. The van der Waals surface area contributed by atoms with Gasteiger partial charge in [-0.15, -0.1) is 0 Å². The van der Waals surface area contributed by atoms with Gasteiger partial charge in [0.05, 0.1) is 5.75 Å². The third-order valence-corrected chi connectivity index (χ3v) is 4.63. The van der Waals surface area contributed by atoms with Crippen molar-refractivity contribution in [2.75, 3.05) is 11.1 Å². The van der Waals surface area contributed by atoms with Gasteiger partial charge in [-0.1, -0.05) is 27.7 Å². The van der Waals surface area contributed by atoms with Crippen LogP contribution >= 0.6 is 43.6 Å². The van der Waals surface area contributed by atoms with Crippen molar-refractivity contribution >= 4 is 55.2 Å². The summed E-state index contributed by atoms with van der Waals surface area (Å²) in [6.45, 7) is 0. The second-order valence-corrected chi connectivity index (χ2v) is 6.37. The minimum absolute atomic E-state index is 0.0510. The molecular formula is C13H10Br2N2OS. The van der Waals surface area contributed by atoms with Crippen molar-refractivity contribution in [3.8, 4) is 0 Å². The fourth-order valence-corrected chi connectivity index (χ4v) is 2.89. The first-order chi connectivity index (χ1) is 9.15. The van der Waals surface area contributed by atoms with Crippen LogP contribution in [-0.4, -0.2) is 16.6 Å². The number of hydrogen-bond acceptors (Lipinski definition) is 3. The Kier molecular flexibility index (Phi) is 5.42. The van der Waals surface area contributed by atoms with Crippen molar-refractivity contribution in [1.29, 1.82) is 0 Å². The molecule has 1 N–H and O–H groups in total. The molecule has 0 spiro atoms. The summed E-state index contributed by atoms with van der Waals surface area (Å²) in [4.78, 5) is 16.0. The Hall–Kier alpha value is -0.850. The normalized spacial score (nSPS) is 10.2. The van der Waals surface area contributed by atoms with E-state index in [2.05, 4.69) is 42.2 Å². The van der Waals surface area contributed by atoms with Gasteiger partial charge in [0.1, 0.15) is 5.03 Å². The Morgan fingerprint density at radius 3 is 2.63 bits per heavy atom. The first kappa shape index (κ1) is 14.6. The number of pyridine rings is 1. The van der Waals surface area contributed by atoms with Gasteiger partial charge in [-0.2, -0.15) is 0 Å². The SMILES string of the molecule is O=C(CSc1ncccc1Br)Nc1ccc(Br)cc1. The Morgan fingerprint density at radius 1 is 1.21 bits per heavy atom. The van der Waals surface area contributed by atoms with Gasteiger partial charge in [-0.25, -0.2) is 4.98 Å². The monoisotopic (exact) mass is 400 g/mol. The van der Waals surface area contributed by atoms with Gasteiger partial charge >= 0.3 is 0 Å². The molecule has 0 radical (unpaired) electrons. The van der Waals surface area contributed by atoms with Gasteiger partial charge in [-0.05, 0) is 52.3 Å². The molecule has 0 atom stereocenters. The molecule has 2 rings (SSSR count). The molecule has 0 aliphatic heterocycles. The van der Waals surface area contributed by atoms with E-state index in [1.54, 1.807) is 6.20 Å². The van der Waals surface area contributed by atoms with Crippen LogP contribution in [0.1, 0.15) is 0 Å². The van der Waals surface area contributed by atoms with E-state index in [1.165, 1.54) is 11.8 Å². The standard InChI is InChI=1S/C13H10Br2N2OS/c14-9-3-5-10(6-4-9)17-12(18)8-19-13-11(15)2-1-7-16-13/h1-7H,8H2,(H,17,18). The van der Waals surface area contributed by atoms with Gasteiger partial charge in [0.15, 0.2) is 0 Å². The summed E-state index contributed by atoms with van der Waals surface area (Å²) in [7, 11) is 0. The van der Waals surface area contributed by atoms with E-state index in [4.69, 9.17) is 0 Å². The maximum absolute atomic E-state index is 11.8. The van der Waals surface area contributed by atoms with Crippen molar-refractivity contribution in [2.24, 2.45) is 0 Å². The molecule has 0 bridgehead atoms. The maximum Gasteiger partial charge on any atom is 0.234 e. The van der Waals surface area contributed by atoms with Crippen molar-refractivity contribution in [3.05, 3.63) is 51.5 Å². The smallest absolute Gasteiger partial charge is 0.234 e. The molecule has 1 aromatic heterocycles. The van der Waals surface area contributed by atoms with Crippen molar-refractivity contribution in [3.63, 3.8) is 0 Å². The summed E-state index contributed by atoms with van der Waals surface area (Å²) in [5.74, 6) is 0.274. The predicted octanol–water partition coefficient (Wildman–Crippen LogP) is 4.34. The number of aromatic nitrogens is 1. The lowest BCUT2D eigenvalue weighted by Crippen LogP contribution is -2.14. The lowest BCUT2D eigenvalue weighted by molar-refractivity contribution is -0.113. The molecule has 19 heavy (non-hydrogen) atoms. The van der Waals surface area contributed by atoms with E-state index in [0.29, 0.717) is 5.75 Å². The van der Waals surface area contributed by atoms with Gasteiger partial charge in [0.2, 0.25) is 5.91 Å². The molecule has 0 unspecified atom stereocenters. The van der Waals surface area contributed by atoms with Crippen LogP contribution < -0.4 is 5.32 Å². The van der Waals surface area contributed by atoms with Crippen LogP contribution in [0.5, 0.6) is 0 Å². The van der Waals surface area contributed by atoms with Gasteiger partial charge in [0, 0.05) is 20.8 Å². The average molecular weight is 402 g/mol. The molecular weight excluding hydrogens is 392 g/mol. The van der Waals surface area contributed by atoms with Crippen LogP contribution in [0.4, 0.5) is 5.69 Å². The quantitative estimate of drug-likeness (QED) is 0.775. The highest BCUT2D eigenvalue weighted by atomic mass is 79.9. The van der Waals surface area contributed by atoms with Gasteiger partial charge < -0.3 is 5.32 Å². The Bertz CT molecular complexity index is 575. The fraction of sp³-hybridized carbons (Fsp3) is 0.0769. The number of thioether (sulfide) groups is 1. The summed E-state index contributed by atoms with van der Waals surface area (Å²) in [5, 5.41) is 3.65. The zero-order valence-corrected chi connectivity index (χ0v) is 13.8. The zero-order valence-electron chi connectivity index (χ0n) is 9.77. The lowest BCUT2D eigenvalue weighted by Gasteiger charge is -2.05. The van der Waals surface area contributed by atoms with Crippen LogP contribution in [0, 0.1) is 0 Å². The van der Waals surface area contributed by atoms with Crippen LogP contribution in [-0.2, 0) is 4.79 Å². The molecule has 2 aromatic rings. The molecule has 1 aromatic carbocycles. The second-order valence-electron chi connectivity index (χ2n) is 3.63. The number of carbonyl (C=O) groups is 1. The molecule has 3 nitrogen and oxygen atoms in total. The number of halogens is 2. The minimum Gasteiger partial charge on any atom is -0.325 e. The molecule has 0 aliphatic rings. The van der Waals surface area contributed by atoms with E-state index >= 15 is 0 Å². The maximum atomic E-state index is 11.8. The predicted molar refractivity (Wildman–Crippen MR) is 85.4 cm³/mol. The van der Waals surface area contributed by atoms with E-state index in [-0.39, 0.29) is 5.91 Å². The first-order valence-corrected chi connectivity index (χ1v) is 8.01. The van der Waals surface area contributed by atoms with E-state index in [1.807, 2.05) is 36.4 Å². The van der Waals surface area contributed by atoms with E-state index in [0.717, 1.165) is 19.7 Å². The minimum atomic E-state index is -0.0510. The Morgan fingerprint density at radius 2 is 1.95 bits per heavy atom. The molecule has 6 heteroatoms. The molecule has 0 aliphatic carbocycles. The van der Waals surface area contributed by atoms with Crippen LogP contribution in [0.3, 0.4) is 0 Å².